The van der Waals surface area contributed by atoms with E-state index >= 15 is 0 Å². The van der Waals surface area contributed by atoms with Crippen molar-refractivity contribution in [3.05, 3.63) is 23.8 Å². The highest BCUT2D eigenvalue weighted by Crippen LogP contribution is 2.29. The van der Waals surface area contributed by atoms with Crippen LogP contribution in [0.2, 0.25) is 0 Å². The second-order valence-corrected chi connectivity index (χ2v) is 3.12. The number of hydrogen-bond acceptors (Lipinski definition) is 3. The van der Waals surface area contributed by atoms with Crippen LogP contribution in [-0.2, 0) is 0 Å². The zero-order valence-electron chi connectivity index (χ0n) is 9.32. The predicted molar refractivity (Wildman–Crippen MR) is 64.0 cm³/mol. The van der Waals surface area contributed by atoms with Gasteiger partial charge in [0.2, 0.25) is 0 Å². The molecule has 0 fully saturated rings. The summed E-state index contributed by atoms with van der Waals surface area (Å²) in [5.74, 6) is 1.58. The van der Waals surface area contributed by atoms with E-state index < -0.39 is 0 Å². The van der Waals surface area contributed by atoms with Gasteiger partial charge >= 0.3 is 0 Å². The fraction of sp³-hybridized carbons (Fsp3) is 0.455. The van der Waals surface area contributed by atoms with Crippen LogP contribution in [0.1, 0.15) is 24.9 Å². The van der Waals surface area contributed by atoms with E-state index in [0.29, 0.717) is 0 Å². The molecule has 0 aliphatic rings. The maximum absolute atomic E-state index is 5.94. The van der Waals surface area contributed by atoms with E-state index in [4.69, 9.17) is 15.2 Å². The number of methoxy groups -OCH3 is 2. The Balaban J connectivity index is 0.00000196. The Labute approximate surface area is 97.0 Å². The van der Waals surface area contributed by atoms with Crippen LogP contribution >= 0.6 is 12.4 Å². The first-order valence-corrected chi connectivity index (χ1v) is 4.70. The lowest BCUT2D eigenvalue weighted by Gasteiger charge is -2.14. The largest absolute Gasteiger partial charge is 0.497 e. The fourth-order valence-corrected chi connectivity index (χ4v) is 1.34. The molecule has 0 bridgehead atoms. The second kappa shape index (κ2) is 6.53. The third-order valence-electron chi connectivity index (χ3n) is 2.28. The number of ether oxygens (including phenoxy) is 2. The zero-order valence-corrected chi connectivity index (χ0v) is 10.1. The van der Waals surface area contributed by atoms with Crippen LogP contribution in [0.4, 0.5) is 0 Å². The first-order valence-electron chi connectivity index (χ1n) is 4.70. The molecular formula is C11H18ClNO2. The van der Waals surface area contributed by atoms with Crippen molar-refractivity contribution in [2.75, 3.05) is 14.2 Å². The third kappa shape index (κ3) is 3.29. The number of rotatable bonds is 4. The fourth-order valence-electron chi connectivity index (χ4n) is 1.34. The van der Waals surface area contributed by atoms with Crippen LogP contribution in [0.3, 0.4) is 0 Å². The number of nitrogens with two attached hydrogens (primary N) is 1. The Hall–Kier alpha value is -0.930. The van der Waals surface area contributed by atoms with E-state index in [1.807, 2.05) is 25.1 Å². The Morgan fingerprint density at radius 1 is 1.27 bits per heavy atom. The Bertz CT molecular complexity index is 305. The minimum Gasteiger partial charge on any atom is -0.497 e. The van der Waals surface area contributed by atoms with Gasteiger partial charge in [0.05, 0.1) is 14.2 Å². The maximum atomic E-state index is 5.94. The molecule has 4 heteroatoms. The first kappa shape index (κ1) is 14.1. The van der Waals surface area contributed by atoms with Crippen molar-refractivity contribution in [1.29, 1.82) is 0 Å². The number of hydrogen-bond donors (Lipinski definition) is 1. The highest BCUT2D eigenvalue weighted by atomic mass is 35.5. The van der Waals surface area contributed by atoms with Crippen molar-refractivity contribution in [2.45, 2.75) is 19.4 Å². The SMILES string of the molecule is CC[C@@H](N)c1ccc(OC)cc1OC.Cl. The second-order valence-electron chi connectivity index (χ2n) is 3.12. The Morgan fingerprint density at radius 2 is 1.93 bits per heavy atom. The van der Waals surface area contributed by atoms with Crippen molar-refractivity contribution in [2.24, 2.45) is 5.73 Å². The van der Waals surface area contributed by atoms with E-state index in [1.54, 1.807) is 14.2 Å². The topological polar surface area (TPSA) is 44.5 Å². The summed E-state index contributed by atoms with van der Waals surface area (Å²) in [4.78, 5) is 0. The van der Waals surface area contributed by atoms with Crippen molar-refractivity contribution < 1.29 is 9.47 Å². The summed E-state index contributed by atoms with van der Waals surface area (Å²) in [6.07, 6.45) is 0.892. The van der Waals surface area contributed by atoms with Crippen LogP contribution in [0, 0.1) is 0 Å². The predicted octanol–water partition coefficient (Wildman–Crippen LogP) is 2.54. The van der Waals surface area contributed by atoms with Gasteiger partial charge in [-0.2, -0.15) is 0 Å². The van der Waals surface area contributed by atoms with Gasteiger partial charge in [-0.1, -0.05) is 13.0 Å². The van der Waals surface area contributed by atoms with Gasteiger partial charge in [0, 0.05) is 17.7 Å². The molecule has 0 aromatic heterocycles. The van der Waals surface area contributed by atoms with Gasteiger partial charge in [0.15, 0.2) is 0 Å². The van der Waals surface area contributed by atoms with Gasteiger partial charge in [0.1, 0.15) is 11.5 Å². The summed E-state index contributed by atoms with van der Waals surface area (Å²) in [5, 5.41) is 0. The number of halogens is 1. The van der Waals surface area contributed by atoms with Crippen molar-refractivity contribution in [3.63, 3.8) is 0 Å². The average molecular weight is 232 g/mol. The summed E-state index contributed by atoms with van der Waals surface area (Å²) in [6.45, 7) is 2.05. The monoisotopic (exact) mass is 231 g/mol. The molecule has 0 aliphatic heterocycles. The molecule has 0 saturated carbocycles. The molecule has 2 N–H and O–H groups in total. The van der Waals surface area contributed by atoms with Gasteiger partial charge in [0.25, 0.3) is 0 Å². The molecular weight excluding hydrogens is 214 g/mol. The van der Waals surface area contributed by atoms with Crippen molar-refractivity contribution in [1.82, 2.24) is 0 Å². The minimum absolute atomic E-state index is 0. The molecule has 1 aromatic carbocycles. The molecule has 3 nitrogen and oxygen atoms in total. The average Bonchev–Trinajstić information content (AvgIpc) is 2.27. The van der Waals surface area contributed by atoms with Gasteiger partial charge in [-0.25, -0.2) is 0 Å². The van der Waals surface area contributed by atoms with Crippen molar-refractivity contribution >= 4 is 12.4 Å². The maximum Gasteiger partial charge on any atom is 0.127 e. The molecule has 0 heterocycles. The summed E-state index contributed by atoms with van der Waals surface area (Å²) >= 11 is 0. The lowest BCUT2D eigenvalue weighted by molar-refractivity contribution is 0.388. The van der Waals surface area contributed by atoms with E-state index in [2.05, 4.69) is 0 Å². The number of benzene rings is 1. The van der Waals surface area contributed by atoms with Crippen LogP contribution in [-0.4, -0.2) is 14.2 Å². The molecule has 1 aromatic rings. The standard InChI is InChI=1S/C11H17NO2.ClH/c1-4-10(12)9-6-5-8(13-2)7-11(9)14-3;/h5-7,10H,4,12H2,1-3H3;1H/t10-;/m1./s1. The minimum atomic E-state index is 0. The molecule has 0 amide bonds. The van der Waals surface area contributed by atoms with Crippen LogP contribution in [0.5, 0.6) is 11.5 Å². The third-order valence-corrected chi connectivity index (χ3v) is 2.28. The summed E-state index contributed by atoms with van der Waals surface area (Å²) in [7, 11) is 3.27. The quantitative estimate of drug-likeness (QED) is 0.866. The first-order chi connectivity index (χ1) is 6.72. The molecule has 1 rings (SSSR count). The summed E-state index contributed by atoms with van der Waals surface area (Å²) in [5.41, 5.74) is 6.97. The van der Waals surface area contributed by atoms with E-state index in [9.17, 15) is 0 Å². The van der Waals surface area contributed by atoms with E-state index in [1.165, 1.54) is 0 Å². The molecule has 0 spiro atoms. The molecule has 15 heavy (non-hydrogen) atoms. The Kier molecular flexibility index (Phi) is 6.13. The summed E-state index contributed by atoms with van der Waals surface area (Å²) < 4.78 is 10.4. The van der Waals surface area contributed by atoms with E-state index in [0.717, 1.165) is 23.5 Å². The molecule has 0 aliphatic carbocycles. The lowest BCUT2D eigenvalue weighted by Crippen LogP contribution is -2.10. The van der Waals surface area contributed by atoms with Crippen LogP contribution in [0.15, 0.2) is 18.2 Å². The molecule has 86 valence electrons. The molecule has 0 saturated heterocycles. The normalized spacial score (nSPS) is 11.5. The van der Waals surface area contributed by atoms with Gasteiger partial charge in [-0.15, -0.1) is 12.4 Å². The van der Waals surface area contributed by atoms with Gasteiger partial charge in [-0.05, 0) is 12.5 Å². The highest BCUT2D eigenvalue weighted by Gasteiger charge is 2.10. The van der Waals surface area contributed by atoms with Gasteiger partial charge < -0.3 is 15.2 Å². The van der Waals surface area contributed by atoms with Crippen LogP contribution < -0.4 is 15.2 Å². The Morgan fingerprint density at radius 3 is 2.40 bits per heavy atom. The smallest absolute Gasteiger partial charge is 0.127 e. The summed E-state index contributed by atoms with van der Waals surface area (Å²) in [6, 6.07) is 5.72. The highest BCUT2D eigenvalue weighted by molar-refractivity contribution is 5.85. The molecule has 1 atom stereocenters. The zero-order chi connectivity index (χ0) is 10.6. The molecule has 0 unspecified atom stereocenters. The van der Waals surface area contributed by atoms with Crippen LogP contribution in [0.25, 0.3) is 0 Å². The van der Waals surface area contributed by atoms with Gasteiger partial charge in [-0.3, -0.25) is 0 Å². The lowest BCUT2D eigenvalue weighted by atomic mass is 10.0. The van der Waals surface area contributed by atoms with Crippen molar-refractivity contribution in [3.8, 4) is 11.5 Å². The molecule has 0 radical (unpaired) electrons. The van der Waals surface area contributed by atoms with E-state index in [-0.39, 0.29) is 18.4 Å².